The number of ether oxygens (including phenoxy) is 1. The van der Waals surface area contributed by atoms with Crippen LogP contribution in [0.2, 0.25) is 0 Å². The Morgan fingerprint density at radius 1 is 1.12 bits per heavy atom. The molecule has 0 spiro atoms. The van der Waals surface area contributed by atoms with Crippen molar-refractivity contribution >= 4 is 0 Å². The highest BCUT2D eigenvalue weighted by Crippen LogP contribution is 2.20. The van der Waals surface area contributed by atoms with Crippen molar-refractivity contribution in [3.63, 3.8) is 0 Å². The summed E-state index contributed by atoms with van der Waals surface area (Å²) in [5.41, 5.74) is 1.83. The predicted octanol–water partition coefficient (Wildman–Crippen LogP) is 3.42. The summed E-state index contributed by atoms with van der Waals surface area (Å²) in [5, 5.41) is 9.12. The minimum absolute atomic E-state index is 0.204. The SMILES string of the molecule is Cc1ccc(F)c(OCc2ccc(O)cc2)c1. The minimum Gasteiger partial charge on any atom is -0.508 e. The van der Waals surface area contributed by atoms with E-state index in [-0.39, 0.29) is 23.9 Å². The van der Waals surface area contributed by atoms with Crippen molar-refractivity contribution in [1.29, 1.82) is 0 Å². The van der Waals surface area contributed by atoms with Gasteiger partial charge >= 0.3 is 0 Å². The third-order valence-corrected chi connectivity index (χ3v) is 2.42. The average molecular weight is 232 g/mol. The van der Waals surface area contributed by atoms with Crippen molar-refractivity contribution in [3.05, 3.63) is 59.4 Å². The molecule has 0 aliphatic carbocycles. The summed E-state index contributed by atoms with van der Waals surface area (Å²) in [6.45, 7) is 2.16. The van der Waals surface area contributed by atoms with Gasteiger partial charge in [-0.25, -0.2) is 4.39 Å². The van der Waals surface area contributed by atoms with E-state index in [9.17, 15) is 4.39 Å². The van der Waals surface area contributed by atoms with E-state index >= 15 is 0 Å². The van der Waals surface area contributed by atoms with Crippen LogP contribution < -0.4 is 4.74 Å². The first-order chi connectivity index (χ1) is 8.15. The molecule has 2 aromatic carbocycles. The number of phenolic OH excluding ortho intramolecular Hbond substituents is 1. The van der Waals surface area contributed by atoms with Crippen LogP contribution in [0.3, 0.4) is 0 Å². The second kappa shape index (κ2) is 4.87. The number of phenols is 1. The van der Waals surface area contributed by atoms with Crippen LogP contribution in [0.4, 0.5) is 4.39 Å². The van der Waals surface area contributed by atoms with Crippen molar-refractivity contribution < 1.29 is 14.2 Å². The van der Waals surface area contributed by atoms with Gasteiger partial charge in [-0.1, -0.05) is 18.2 Å². The van der Waals surface area contributed by atoms with Crippen LogP contribution in [-0.2, 0) is 6.61 Å². The van der Waals surface area contributed by atoms with E-state index in [1.807, 2.05) is 6.92 Å². The molecular weight excluding hydrogens is 219 g/mol. The molecule has 0 unspecified atom stereocenters. The fourth-order valence-electron chi connectivity index (χ4n) is 1.47. The van der Waals surface area contributed by atoms with Gasteiger partial charge in [0.15, 0.2) is 11.6 Å². The summed E-state index contributed by atoms with van der Waals surface area (Å²) in [6, 6.07) is 11.4. The molecule has 0 heterocycles. The van der Waals surface area contributed by atoms with Crippen LogP contribution >= 0.6 is 0 Å². The van der Waals surface area contributed by atoms with Gasteiger partial charge in [0.2, 0.25) is 0 Å². The molecule has 2 aromatic rings. The maximum Gasteiger partial charge on any atom is 0.165 e. The van der Waals surface area contributed by atoms with Gasteiger partial charge in [0.05, 0.1) is 0 Å². The molecule has 3 heteroatoms. The molecular formula is C14H13FO2. The number of halogens is 1. The molecule has 0 radical (unpaired) electrons. The van der Waals surface area contributed by atoms with Crippen LogP contribution in [0.25, 0.3) is 0 Å². The number of benzene rings is 2. The third kappa shape index (κ3) is 2.97. The van der Waals surface area contributed by atoms with Crippen molar-refractivity contribution in [3.8, 4) is 11.5 Å². The lowest BCUT2D eigenvalue weighted by atomic mass is 10.2. The maximum absolute atomic E-state index is 13.4. The lowest BCUT2D eigenvalue weighted by Crippen LogP contribution is -1.97. The molecule has 0 saturated carbocycles. The first-order valence-electron chi connectivity index (χ1n) is 5.32. The van der Waals surface area contributed by atoms with Crippen molar-refractivity contribution in [2.75, 3.05) is 0 Å². The van der Waals surface area contributed by atoms with Crippen LogP contribution in [0, 0.1) is 12.7 Å². The van der Waals surface area contributed by atoms with E-state index in [0.717, 1.165) is 11.1 Å². The molecule has 0 aromatic heterocycles. The lowest BCUT2D eigenvalue weighted by molar-refractivity contribution is 0.290. The van der Waals surface area contributed by atoms with Gasteiger partial charge in [-0.15, -0.1) is 0 Å². The molecule has 1 N–H and O–H groups in total. The Morgan fingerprint density at radius 3 is 2.53 bits per heavy atom. The molecule has 0 atom stereocenters. The number of aryl methyl sites for hydroxylation is 1. The van der Waals surface area contributed by atoms with Crippen molar-refractivity contribution in [1.82, 2.24) is 0 Å². The first kappa shape index (κ1) is 11.5. The highest BCUT2D eigenvalue weighted by Gasteiger charge is 2.03. The smallest absolute Gasteiger partial charge is 0.165 e. The highest BCUT2D eigenvalue weighted by molar-refractivity contribution is 5.30. The second-order valence-corrected chi connectivity index (χ2v) is 3.89. The lowest BCUT2D eigenvalue weighted by Gasteiger charge is -2.08. The molecule has 2 nitrogen and oxygen atoms in total. The summed E-state index contributed by atoms with van der Waals surface area (Å²) in [4.78, 5) is 0. The summed E-state index contributed by atoms with van der Waals surface area (Å²) in [7, 11) is 0. The van der Waals surface area contributed by atoms with Crippen molar-refractivity contribution in [2.45, 2.75) is 13.5 Å². The Kier molecular flexibility index (Phi) is 3.28. The topological polar surface area (TPSA) is 29.5 Å². The molecule has 0 bridgehead atoms. The Hall–Kier alpha value is -2.03. The fourth-order valence-corrected chi connectivity index (χ4v) is 1.47. The molecule has 0 amide bonds. The predicted molar refractivity (Wildman–Crippen MR) is 63.6 cm³/mol. The van der Waals surface area contributed by atoms with Gasteiger partial charge in [-0.05, 0) is 42.3 Å². The maximum atomic E-state index is 13.4. The third-order valence-electron chi connectivity index (χ3n) is 2.42. The summed E-state index contributed by atoms with van der Waals surface area (Å²) >= 11 is 0. The normalized spacial score (nSPS) is 10.2. The summed E-state index contributed by atoms with van der Waals surface area (Å²) in [6.07, 6.45) is 0. The Bertz CT molecular complexity index is 506. The minimum atomic E-state index is -0.366. The highest BCUT2D eigenvalue weighted by atomic mass is 19.1. The zero-order valence-corrected chi connectivity index (χ0v) is 9.48. The summed E-state index contributed by atoms with van der Waals surface area (Å²) < 4.78 is 18.8. The number of hydrogen-bond donors (Lipinski definition) is 1. The quantitative estimate of drug-likeness (QED) is 0.878. The molecule has 2 rings (SSSR count). The van der Waals surface area contributed by atoms with Gasteiger partial charge in [-0.2, -0.15) is 0 Å². The van der Waals surface area contributed by atoms with E-state index in [1.54, 1.807) is 36.4 Å². The Balaban J connectivity index is 2.07. The van der Waals surface area contributed by atoms with E-state index in [0.29, 0.717) is 0 Å². The molecule has 0 aliphatic rings. The zero-order chi connectivity index (χ0) is 12.3. The van der Waals surface area contributed by atoms with E-state index in [2.05, 4.69) is 0 Å². The largest absolute Gasteiger partial charge is 0.508 e. The van der Waals surface area contributed by atoms with Crippen LogP contribution in [0.1, 0.15) is 11.1 Å². The molecule has 0 fully saturated rings. The van der Waals surface area contributed by atoms with Gasteiger partial charge < -0.3 is 9.84 Å². The monoisotopic (exact) mass is 232 g/mol. The van der Waals surface area contributed by atoms with E-state index in [1.165, 1.54) is 6.07 Å². The Labute approximate surface area is 99.3 Å². The molecule has 0 aliphatic heterocycles. The zero-order valence-electron chi connectivity index (χ0n) is 9.48. The number of rotatable bonds is 3. The van der Waals surface area contributed by atoms with Gasteiger partial charge in [0.1, 0.15) is 12.4 Å². The molecule has 17 heavy (non-hydrogen) atoms. The Morgan fingerprint density at radius 2 is 1.82 bits per heavy atom. The first-order valence-corrected chi connectivity index (χ1v) is 5.32. The van der Waals surface area contributed by atoms with Crippen LogP contribution in [0.15, 0.2) is 42.5 Å². The average Bonchev–Trinajstić information content (AvgIpc) is 2.32. The van der Waals surface area contributed by atoms with Gasteiger partial charge in [0.25, 0.3) is 0 Å². The van der Waals surface area contributed by atoms with E-state index < -0.39 is 0 Å². The van der Waals surface area contributed by atoms with Crippen LogP contribution in [-0.4, -0.2) is 5.11 Å². The summed E-state index contributed by atoms with van der Waals surface area (Å²) in [5.74, 6) is 0.0861. The number of aromatic hydroxyl groups is 1. The van der Waals surface area contributed by atoms with Crippen molar-refractivity contribution in [2.24, 2.45) is 0 Å². The van der Waals surface area contributed by atoms with Gasteiger partial charge in [-0.3, -0.25) is 0 Å². The molecule has 88 valence electrons. The van der Waals surface area contributed by atoms with E-state index in [4.69, 9.17) is 9.84 Å². The number of hydrogen-bond acceptors (Lipinski definition) is 2. The standard InChI is InChI=1S/C14H13FO2/c1-10-2-7-13(15)14(8-10)17-9-11-3-5-12(16)6-4-11/h2-8,16H,9H2,1H3. The fraction of sp³-hybridized carbons (Fsp3) is 0.143. The van der Waals surface area contributed by atoms with Gasteiger partial charge in [0, 0.05) is 0 Å². The second-order valence-electron chi connectivity index (χ2n) is 3.89. The molecule has 0 saturated heterocycles. The van der Waals surface area contributed by atoms with Crippen LogP contribution in [0.5, 0.6) is 11.5 Å².